The molecule has 0 N–H and O–H groups in total. The Kier molecular flexibility index (Phi) is 3.46. The van der Waals surface area contributed by atoms with E-state index in [2.05, 4.69) is 0 Å². The number of hydrogen-bond donors (Lipinski definition) is 0. The van der Waals surface area contributed by atoms with Gasteiger partial charge in [0.25, 0.3) is 0 Å². The van der Waals surface area contributed by atoms with Gasteiger partial charge in [0.15, 0.2) is 0 Å². The first kappa shape index (κ1) is 12.5. The minimum atomic E-state index is -4.33. The van der Waals surface area contributed by atoms with Crippen LogP contribution in [0.5, 0.6) is 0 Å². The molecule has 1 heterocycles. The van der Waals surface area contributed by atoms with Crippen LogP contribution in [0.1, 0.15) is 12.8 Å². The Morgan fingerprint density at radius 1 is 1.29 bits per heavy atom. The van der Waals surface area contributed by atoms with Crippen molar-refractivity contribution in [3.8, 4) is 0 Å². The summed E-state index contributed by atoms with van der Waals surface area (Å²) in [5.74, 6) is 0. The highest BCUT2D eigenvalue weighted by Crippen LogP contribution is 2.31. The fourth-order valence-corrected chi connectivity index (χ4v) is 1.87. The third-order valence-corrected chi connectivity index (χ3v) is 2.86. The van der Waals surface area contributed by atoms with E-state index in [9.17, 15) is 18.0 Å². The Morgan fingerprint density at radius 2 is 1.88 bits per heavy atom. The van der Waals surface area contributed by atoms with Crippen molar-refractivity contribution in [3.05, 3.63) is 0 Å². The Hall–Kier alpha value is -0.980. The lowest BCUT2D eigenvalue weighted by Crippen LogP contribution is -2.51. The van der Waals surface area contributed by atoms with E-state index in [1.54, 1.807) is 0 Å². The molecule has 7 heteroatoms. The van der Waals surface area contributed by atoms with Gasteiger partial charge in [0.2, 0.25) is 0 Å². The minimum Gasteiger partial charge on any atom is -0.378 e. The molecule has 4 nitrogen and oxygen atoms in total. The van der Waals surface area contributed by atoms with E-state index < -0.39 is 18.8 Å². The van der Waals surface area contributed by atoms with Crippen molar-refractivity contribution in [2.45, 2.75) is 25.1 Å². The highest BCUT2D eigenvalue weighted by atomic mass is 19.4. The number of ether oxygens (including phenoxy) is 1. The molecule has 0 unspecified atom stereocenters. The highest BCUT2D eigenvalue weighted by molar-refractivity contribution is 5.75. The van der Waals surface area contributed by atoms with E-state index >= 15 is 0 Å². The van der Waals surface area contributed by atoms with Gasteiger partial charge in [-0.25, -0.2) is 4.79 Å². The Bertz CT molecular complexity index is 286. The Balaban J connectivity index is 1.97. The molecule has 1 saturated heterocycles. The number of urea groups is 1. The minimum absolute atomic E-state index is 0.230. The summed E-state index contributed by atoms with van der Waals surface area (Å²) in [6, 6.07) is -0.736. The van der Waals surface area contributed by atoms with Gasteiger partial charge in [-0.3, -0.25) is 0 Å². The van der Waals surface area contributed by atoms with E-state index in [0.717, 1.165) is 4.90 Å². The molecule has 0 bridgehead atoms. The second-order valence-electron chi connectivity index (χ2n) is 4.36. The number of alkyl halides is 3. The van der Waals surface area contributed by atoms with Gasteiger partial charge < -0.3 is 14.5 Å². The first-order chi connectivity index (χ1) is 7.97. The van der Waals surface area contributed by atoms with Crippen molar-refractivity contribution in [2.24, 2.45) is 0 Å². The molecule has 0 spiro atoms. The summed E-state index contributed by atoms with van der Waals surface area (Å²) in [6.45, 7) is 0.403. The van der Waals surface area contributed by atoms with Gasteiger partial charge >= 0.3 is 12.2 Å². The molecule has 98 valence electrons. The maximum atomic E-state index is 12.4. The van der Waals surface area contributed by atoms with Gasteiger partial charge in [0.05, 0.1) is 13.2 Å². The van der Waals surface area contributed by atoms with E-state index in [1.165, 1.54) is 4.90 Å². The molecular formula is C10H15F3N2O2. The zero-order chi connectivity index (χ0) is 12.5. The van der Waals surface area contributed by atoms with Crippen LogP contribution < -0.4 is 0 Å². The van der Waals surface area contributed by atoms with Crippen LogP contribution in [0, 0.1) is 0 Å². The number of nitrogens with zero attached hydrogens (tertiary/aromatic N) is 2. The van der Waals surface area contributed by atoms with Crippen LogP contribution >= 0.6 is 0 Å². The van der Waals surface area contributed by atoms with Crippen molar-refractivity contribution in [1.82, 2.24) is 9.80 Å². The van der Waals surface area contributed by atoms with E-state index in [-0.39, 0.29) is 6.04 Å². The number of halogens is 3. The molecule has 2 amide bonds. The second kappa shape index (κ2) is 4.72. The summed E-state index contributed by atoms with van der Waals surface area (Å²) in [6.07, 6.45) is -2.98. The average molecular weight is 252 g/mol. The van der Waals surface area contributed by atoms with Gasteiger partial charge in [-0.1, -0.05) is 0 Å². The quantitative estimate of drug-likeness (QED) is 0.745. The van der Waals surface area contributed by atoms with Crippen LogP contribution in [-0.2, 0) is 4.74 Å². The summed E-state index contributed by atoms with van der Waals surface area (Å²) < 4.78 is 42.2. The van der Waals surface area contributed by atoms with Crippen LogP contribution in [0.25, 0.3) is 0 Å². The number of hydrogen-bond acceptors (Lipinski definition) is 2. The van der Waals surface area contributed by atoms with Gasteiger partial charge in [-0.05, 0) is 12.8 Å². The van der Waals surface area contributed by atoms with Crippen molar-refractivity contribution < 1.29 is 22.7 Å². The summed E-state index contributed by atoms with van der Waals surface area (Å²) in [5, 5.41) is 0. The molecule has 17 heavy (non-hydrogen) atoms. The zero-order valence-corrected chi connectivity index (χ0v) is 9.37. The van der Waals surface area contributed by atoms with Crippen LogP contribution in [0.15, 0.2) is 0 Å². The number of carbonyl (C=O) groups is 1. The second-order valence-corrected chi connectivity index (χ2v) is 4.36. The summed E-state index contributed by atoms with van der Waals surface area (Å²) in [4.78, 5) is 14.3. The molecular weight excluding hydrogens is 237 g/mol. The van der Waals surface area contributed by atoms with Gasteiger partial charge in [-0.15, -0.1) is 0 Å². The monoisotopic (exact) mass is 252 g/mol. The fourth-order valence-electron chi connectivity index (χ4n) is 1.87. The van der Waals surface area contributed by atoms with Crippen molar-refractivity contribution >= 4 is 6.03 Å². The van der Waals surface area contributed by atoms with Crippen LogP contribution in [0.2, 0.25) is 0 Å². The first-order valence-electron chi connectivity index (χ1n) is 5.67. The number of carbonyl (C=O) groups excluding carboxylic acids is 1. The molecule has 2 rings (SSSR count). The smallest absolute Gasteiger partial charge is 0.378 e. The molecule has 0 aromatic heterocycles. The van der Waals surface area contributed by atoms with Crippen molar-refractivity contribution in [1.29, 1.82) is 0 Å². The third kappa shape index (κ3) is 3.49. The predicted octanol–water partition coefficient (Wildman–Crippen LogP) is 1.47. The summed E-state index contributed by atoms with van der Waals surface area (Å²) in [7, 11) is 0. The Morgan fingerprint density at radius 3 is 2.35 bits per heavy atom. The average Bonchev–Trinajstić information content (AvgIpc) is 3.09. The largest absolute Gasteiger partial charge is 0.406 e. The zero-order valence-electron chi connectivity index (χ0n) is 9.37. The maximum Gasteiger partial charge on any atom is 0.406 e. The third-order valence-electron chi connectivity index (χ3n) is 2.86. The molecule has 2 fully saturated rings. The van der Waals surface area contributed by atoms with Gasteiger partial charge in [0.1, 0.15) is 6.54 Å². The van der Waals surface area contributed by atoms with Crippen molar-refractivity contribution in [3.63, 3.8) is 0 Å². The molecule has 2 aliphatic rings. The van der Waals surface area contributed by atoms with E-state index in [4.69, 9.17) is 4.74 Å². The van der Waals surface area contributed by atoms with Crippen LogP contribution in [0.4, 0.5) is 18.0 Å². The molecule has 0 aromatic rings. The summed E-state index contributed by atoms with van der Waals surface area (Å²) in [5.41, 5.74) is 0. The number of morpholine rings is 1. The lowest BCUT2D eigenvalue weighted by atomic mass is 10.4. The van der Waals surface area contributed by atoms with Gasteiger partial charge in [0, 0.05) is 19.1 Å². The molecule has 0 radical (unpaired) electrons. The highest BCUT2D eigenvalue weighted by Gasteiger charge is 2.42. The Labute approximate surface area is 97.3 Å². The van der Waals surface area contributed by atoms with E-state index in [0.29, 0.717) is 39.1 Å². The number of rotatable bonds is 2. The molecule has 1 saturated carbocycles. The van der Waals surface area contributed by atoms with E-state index in [1.807, 2.05) is 0 Å². The first-order valence-corrected chi connectivity index (χ1v) is 5.67. The maximum absolute atomic E-state index is 12.4. The van der Waals surface area contributed by atoms with Gasteiger partial charge in [-0.2, -0.15) is 13.2 Å². The fraction of sp³-hybridized carbons (Fsp3) is 0.900. The van der Waals surface area contributed by atoms with Crippen LogP contribution in [-0.4, -0.2) is 60.9 Å². The standard InChI is InChI=1S/C10H15F3N2O2/c11-10(12,13)7-15(8-1-2-8)9(16)14-3-5-17-6-4-14/h8H,1-7H2. The lowest BCUT2D eigenvalue weighted by Gasteiger charge is -2.33. The molecule has 1 aliphatic heterocycles. The molecule has 0 atom stereocenters. The number of amides is 2. The normalized spacial score (nSPS) is 21.5. The predicted molar refractivity (Wildman–Crippen MR) is 53.6 cm³/mol. The van der Waals surface area contributed by atoms with Crippen LogP contribution in [0.3, 0.4) is 0 Å². The summed E-state index contributed by atoms with van der Waals surface area (Å²) >= 11 is 0. The SMILES string of the molecule is O=C(N1CCOCC1)N(CC(F)(F)F)C1CC1. The van der Waals surface area contributed by atoms with Crippen molar-refractivity contribution in [2.75, 3.05) is 32.8 Å². The molecule has 1 aliphatic carbocycles. The molecule has 0 aromatic carbocycles. The topological polar surface area (TPSA) is 32.8 Å². The lowest BCUT2D eigenvalue weighted by molar-refractivity contribution is -0.142.